The molecule has 0 aromatic heterocycles. The summed E-state index contributed by atoms with van der Waals surface area (Å²) >= 11 is 0. The fourth-order valence-electron chi connectivity index (χ4n) is 2.73. The van der Waals surface area contributed by atoms with Crippen molar-refractivity contribution in [2.24, 2.45) is 0 Å². The van der Waals surface area contributed by atoms with Gasteiger partial charge in [0, 0.05) is 5.92 Å². The molecule has 2 atom stereocenters. The number of aliphatic hydroxyl groups excluding tert-OH is 1. The Bertz CT molecular complexity index is 629. The third kappa shape index (κ3) is 2.43. The molecule has 0 fully saturated rings. The molecule has 0 aliphatic heterocycles. The Morgan fingerprint density at radius 1 is 0.900 bits per heavy atom. The van der Waals surface area contributed by atoms with Crippen LogP contribution in [-0.2, 0) is 4.79 Å². The topological polar surface area (TPSA) is 37.3 Å². The number of ketones is 1. The second kappa shape index (κ2) is 5.43. The van der Waals surface area contributed by atoms with Crippen molar-refractivity contribution in [3.8, 4) is 0 Å². The first-order valence-corrected chi connectivity index (χ1v) is 6.79. The molecule has 2 nitrogen and oxygen atoms in total. The molecule has 2 heteroatoms. The van der Waals surface area contributed by atoms with Crippen molar-refractivity contribution in [2.45, 2.75) is 18.4 Å². The van der Waals surface area contributed by atoms with Gasteiger partial charge in [0.1, 0.15) is 6.10 Å². The van der Waals surface area contributed by atoms with E-state index in [2.05, 4.69) is 0 Å². The molecule has 0 unspecified atom stereocenters. The highest BCUT2D eigenvalue weighted by molar-refractivity contribution is 6.02. The number of allylic oxidation sites excluding steroid dienone is 1. The number of aliphatic hydroxyl groups is 1. The Labute approximate surface area is 118 Å². The summed E-state index contributed by atoms with van der Waals surface area (Å²) in [5, 5.41) is 9.88. The Morgan fingerprint density at radius 3 is 2.15 bits per heavy atom. The molecular weight excluding hydrogens is 248 g/mol. The SMILES string of the molecule is O=C1C=C(c2ccccc2)[C@@H](c2ccccc2)C[C@H]1O. The lowest BCUT2D eigenvalue weighted by atomic mass is 9.78. The lowest BCUT2D eigenvalue weighted by molar-refractivity contribution is -0.123. The molecule has 2 aromatic carbocycles. The number of rotatable bonds is 2. The first kappa shape index (κ1) is 12.8. The zero-order valence-electron chi connectivity index (χ0n) is 11.1. The minimum absolute atomic E-state index is 0.0614. The van der Waals surface area contributed by atoms with E-state index in [4.69, 9.17) is 0 Å². The molecule has 100 valence electrons. The lowest BCUT2D eigenvalue weighted by Crippen LogP contribution is -2.26. The van der Waals surface area contributed by atoms with Crippen LogP contribution in [0.1, 0.15) is 23.5 Å². The van der Waals surface area contributed by atoms with Gasteiger partial charge in [-0.2, -0.15) is 0 Å². The average Bonchev–Trinajstić information content (AvgIpc) is 2.51. The average molecular weight is 264 g/mol. The maximum absolute atomic E-state index is 11.8. The highest BCUT2D eigenvalue weighted by Gasteiger charge is 2.29. The van der Waals surface area contributed by atoms with Crippen LogP contribution in [0.4, 0.5) is 0 Å². The van der Waals surface area contributed by atoms with E-state index in [9.17, 15) is 9.90 Å². The zero-order chi connectivity index (χ0) is 13.9. The molecule has 1 N–H and O–H groups in total. The Hall–Kier alpha value is -2.19. The van der Waals surface area contributed by atoms with Crippen molar-refractivity contribution in [2.75, 3.05) is 0 Å². The smallest absolute Gasteiger partial charge is 0.184 e. The van der Waals surface area contributed by atoms with Gasteiger partial charge in [0.05, 0.1) is 0 Å². The van der Waals surface area contributed by atoms with E-state index in [-0.39, 0.29) is 11.7 Å². The maximum Gasteiger partial charge on any atom is 0.184 e. The van der Waals surface area contributed by atoms with Crippen LogP contribution in [0.5, 0.6) is 0 Å². The maximum atomic E-state index is 11.8. The van der Waals surface area contributed by atoms with Gasteiger partial charge in [0.25, 0.3) is 0 Å². The molecule has 20 heavy (non-hydrogen) atoms. The Morgan fingerprint density at radius 2 is 1.50 bits per heavy atom. The highest BCUT2D eigenvalue weighted by atomic mass is 16.3. The molecule has 3 rings (SSSR count). The summed E-state index contributed by atoms with van der Waals surface area (Å²) in [5.74, 6) is -0.137. The van der Waals surface area contributed by atoms with Crippen LogP contribution in [0.2, 0.25) is 0 Å². The predicted molar refractivity (Wildman–Crippen MR) is 79.2 cm³/mol. The molecule has 0 spiro atoms. The summed E-state index contributed by atoms with van der Waals surface area (Å²) in [4.78, 5) is 11.8. The lowest BCUT2D eigenvalue weighted by Gasteiger charge is -2.27. The summed E-state index contributed by atoms with van der Waals surface area (Å²) in [5.41, 5.74) is 3.17. The predicted octanol–water partition coefficient (Wildman–Crippen LogP) is 3.19. The van der Waals surface area contributed by atoms with E-state index in [1.807, 2.05) is 60.7 Å². The monoisotopic (exact) mass is 264 g/mol. The number of carbonyl (C=O) groups is 1. The number of hydrogen-bond donors (Lipinski definition) is 1. The highest BCUT2D eigenvalue weighted by Crippen LogP contribution is 2.38. The van der Waals surface area contributed by atoms with Crippen LogP contribution < -0.4 is 0 Å². The first-order valence-electron chi connectivity index (χ1n) is 6.79. The minimum atomic E-state index is -0.896. The molecule has 0 saturated heterocycles. The molecule has 1 aliphatic carbocycles. The summed E-state index contributed by atoms with van der Waals surface area (Å²) in [6.45, 7) is 0. The largest absolute Gasteiger partial charge is 0.385 e. The van der Waals surface area contributed by atoms with Crippen molar-refractivity contribution in [1.82, 2.24) is 0 Å². The van der Waals surface area contributed by atoms with Crippen LogP contribution in [0.3, 0.4) is 0 Å². The van der Waals surface area contributed by atoms with Gasteiger partial charge in [-0.05, 0) is 29.2 Å². The van der Waals surface area contributed by atoms with Crippen molar-refractivity contribution in [1.29, 1.82) is 0 Å². The van der Waals surface area contributed by atoms with Crippen molar-refractivity contribution in [3.05, 3.63) is 77.9 Å². The van der Waals surface area contributed by atoms with Crippen molar-refractivity contribution in [3.63, 3.8) is 0 Å². The molecule has 0 amide bonds. The van der Waals surface area contributed by atoms with Crippen molar-refractivity contribution >= 4 is 11.4 Å². The number of hydrogen-bond acceptors (Lipinski definition) is 2. The summed E-state index contributed by atoms with van der Waals surface area (Å²) in [6.07, 6.45) is 1.15. The van der Waals surface area contributed by atoms with Gasteiger partial charge in [-0.1, -0.05) is 60.7 Å². The van der Waals surface area contributed by atoms with Crippen LogP contribution in [-0.4, -0.2) is 17.0 Å². The molecule has 0 radical (unpaired) electrons. The molecule has 1 aliphatic rings. The van der Waals surface area contributed by atoms with E-state index >= 15 is 0 Å². The second-order valence-electron chi connectivity index (χ2n) is 5.08. The van der Waals surface area contributed by atoms with Crippen LogP contribution >= 0.6 is 0 Å². The van der Waals surface area contributed by atoms with Crippen LogP contribution in [0.15, 0.2) is 66.7 Å². The number of benzene rings is 2. The van der Waals surface area contributed by atoms with Gasteiger partial charge in [0.15, 0.2) is 5.78 Å². The van der Waals surface area contributed by atoms with Gasteiger partial charge >= 0.3 is 0 Å². The van der Waals surface area contributed by atoms with E-state index in [0.29, 0.717) is 6.42 Å². The van der Waals surface area contributed by atoms with Gasteiger partial charge in [-0.15, -0.1) is 0 Å². The van der Waals surface area contributed by atoms with Gasteiger partial charge in [-0.25, -0.2) is 0 Å². The molecule has 0 bridgehead atoms. The summed E-state index contributed by atoms with van der Waals surface area (Å²) in [6, 6.07) is 19.9. The van der Waals surface area contributed by atoms with Gasteiger partial charge in [-0.3, -0.25) is 4.79 Å². The van der Waals surface area contributed by atoms with E-state index in [1.54, 1.807) is 6.08 Å². The molecular formula is C18H16O2. The second-order valence-corrected chi connectivity index (χ2v) is 5.08. The van der Waals surface area contributed by atoms with E-state index in [0.717, 1.165) is 16.7 Å². The van der Waals surface area contributed by atoms with Gasteiger partial charge < -0.3 is 5.11 Å². The van der Waals surface area contributed by atoms with Crippen molar-refractivity contribution < 1.29 is 9.90 Å². The van der Waals surface area contributed by atoms with Crippen LogP contribution in [0, 0.1) is 0 Å². The fraction of sp³-hybridized carbons (Fsp3) is 0.167. The fourth-order valence-corrected chi connectivity index (χ4v) is 2.73. The summed E-state index contributed by atoms with van der Waals surface area (Å²) < 4.78 is 0. The third-order valence-electron chi connectivity index (χ3n) is 3.77. The number of carbonyl (C=O) groups excluding carboxylic acids is 1. The quantitative estimate of drug-likeness (QED) is 0.904. The van der Waals surface area contributed by atoms with Crippen LogP contribution in [0.25, 0.3) is 5.57 Å². The van der Waals surface area contributed by atoms with E-state index in [1.165, 1.54) is 0 Å². The molecule has 0 saturated carbocycles. The third-order valence-corrected chi connectivity index (χ3v) is 3.77. The Kier molecular flexibility index (Phi) is 3.48. The minimum Gasteiger partial charge on any atom is -0.385 e. The Balaban J connectivity index is 2.07. The summed E-state index contributed by atoms with van der Waals surface area (Å²) in [7, 11) is 0. The zero-order valence-corrected chi connectivity index (χ0v) is 11.1. The first-order chi connectivity index (χ1) is 9.75. The molecule has 2 aromatic rings. The molecule has 0 heterocycles. The van der Waals surface area contributed by atoms with Gasteiger partial charge in [0.2, 0.25) is 0 Å². The standard InChI is InChI=1S/C18H16O2/c19-17-11-15(13-7-3-1-4-8-13)16(12-18(17)20)14-9-5-2-6-10-14/h1-11,16,18,20H,12H2/t16-,18-/m1/s1. The van der Waals surface area contributed by atoms with E-state index < -0.39 is 6.10 Å². The normalized spacial score (nSPS) is 22.4.